The zero-order chi connectivity index (χ0) is 24.3. The van der Waals surface area contributed by atoms with Crippen molar-refractivity contribution in [3.8, 4) is 0 Å². The molecular weight excluding hydrogens is 454 g/mol. The van der Waals surface area contributed by atoms with Crippen molar-refractivity contribution in [3.63, 3.8) is 0 Å². The molecule has 0 radical (unpaired) electrons. The minimum Gasteiger partial charge on any atom is -0.377 e. The first-order valence-electron chi connectivity index (χ1n) is 10.7. The predicted molar refractivity (Wildman–Crippen MR) is 133 cm³/mol. The van der Waals surface area contributed by atoms with Gasteiger partial charge in [0.1, 0.15) is 29.6 Å². The number of ether oxygens (including phenoxy) is 1. The normalized spacial score (nSPS) is 13.8. The minimum atomic E-state index is -3.49. The summed E-state index contributed by atoms with van der Waals surface area (Å²) in [5.74, 6) is 2.32. The zero-order valence-corrected chi connectivity index (χ0v) is 20.3. The molecule has 10 nitrogen and oxygen atoms in total. The standard InChI is InChI=1S/C23H27N7O3S/c1-15-11-23(27-16(2)26-15)29-22-13-21(24-14-25-22)28-19-6-5-18(17-7-9-33-10-8-17)12-20(19)30(3)34(4,31)32/h5-7,11-14H,8-10H2,1-4H3,(H2,24,25,26,27,28,29). The molecule has 0 saturated heterocycles. The molecule has 0 aliphatic carbocycles. The van der Waals surface area contributed by atoms with Crippen LogP contribution in [0, 0.1) is 13.8 Å². The van der Waals surface area contributed by atoms with E-state index in [2.05, 4.69) is 30.6 Å². The Bertz CT molecular complexity index is 1320. The molecule has 0 amide bonds. The molecule has 11 heteroatoms. The van der Waals surface area contributed by atoms with Crippen molar-refractivity contribution >= 4 is 44.4 Å². The number of rotatable bonds is 7. The van der Waals surface area contributed by atoms with Gasteiger partial charge in [0, 0.05) is 24.9 Å². The van der Waals surface area contributed by atoms with Crippen LogP contribution in [-0.4, -0.2) is 54.9 Å². The van der Waals surface area contributed by atoms with Gasteiger partial charge in [-0.25, -0.2) is 28.4 Å². The number of nitrogens with one attached hydrogen (secondary N) is 2. The molecule has 3 heterocycles. The Balaban J connectivity index is 1.65. The molecule has 0 unspecified atom stereocenters. The predicted octanol–water partition coefficient (Wildman–Crippen LogP) is 3.57. The number of hydrogen-bond acceptors (Lipinski definition) is 9. The summed E-state index contributed by atoms with van der Waals surface area (Å²) in [6.07, 6.45) is 5.40. The zero-order valence-electron chi connectivity index (χ0n) is 19.5. The van der Waals surface area contributed by atoms with E-state index in [1.165, 1.54) is 23.9 Å². The van der Waals surface area contributed by atoms with E-state index in [1.807, 2.05) is 44.2 Å². The fourth-order valence-electron chi connectivity index (χ4n) is 3.61. The number of aryl methyl sites for hydroxylation is 2. The maximum atomic E-state index is 12.4. The van der Waals surface area contributed by atoms with Gasteiger partial charge in [0.2, 0.25) is 10.0 Å². The molecule has 178 valence electrons. The first kappa shape index (κ1) is 23.6. The van der Waals surface area contributed by atoms with Crippen molar-refractivity contribution in [1.29, 1.82) is 0 Å². The molecule has 34 heavy (non-hydrogen) atoms. The van der Waals surface area contributed by atoms with Crippen LogP contribution in [0.4, 0.5) is 28.8 Å². The second-order valence-electron chi connectivity index (χ2n) is 8.00. The summed E-state index contributed by atoms with van der Waals surface area (Å²) in [6, 6.07) is 9.24. The number of nitrogens with zero attached hydrogens (tertiary/aromatic N) is 5. The number of aromatic nitrogens is 4. The molecule has 1 aromatic carbocycles. The Morgan fingerprint density at radius 1 is 1.00 bits per heavy atom. The second kappa shape index (κ2) is 9.74. The lowest BCUT2D eigenvalue weighted by Crippen LogP contribution is -2.25. The SMILES string of the molecule is Cc1cc(Nc2cc(Nc3ccc(C4=CCOCC4)cc3N(C)S(C)(=O)=O)ncn2)nc(C)n1. The third kappa shape index (κ3) is 5.67. The van der Waals surface area contributed by atoms with Crippen molar-refractivity contribution in [1.82, 2.24) is 19.9 Å². The smallest absolute Gasteiger partial charge is 0.232 e. The lowest BCUT2D eigenvalue weighted by Gasteiger charge is -2.23. The van der Waals surface area contributed by atoms with Crippen LogP contribution >= 0.6 is 0 Å². The highest BCUT2D eigenvalue weighted by molar-refractivity contribution is 7.92. The van der Waals surface area contributed by atoms with Gasteiger partial charge in [-0.3, -0.25) is 4.31 Å². The molecule has 4 rings (SSSR count). The molecule has 0 saturated carbocycles. The molecule has 0 fully saturated rings. The molecule has 0 spiro atoms. The van der Waals surface area contributed by atoms with Crippen LogP contribution in [0.2, 0.25) is 0 Å². The first-order chi connectivity index (χ1) is 16.2. The van der Waals surface area contributed by atoms with Crippen molar-refractivity contribution < 1.29 is 13.2 Å². The molecule has 0 atom stereocenters. The van der Waals surface area contributed by atoms with Crippen LogP contribution < -0.4 is 14.9 Å². The quantitative estimate of drug-likeness (QED) is 0.521. The van der Waals surface area contributed by atoms with Gasteiger partial charge < -0.3 is 15.4 Å². The Morgan fingerprint density at radius 3 is 2.44 bits per heavy atom. The average Bonchev–Trinajstić information content (AvgIpc) is 2.78. The van der Waals surface area contributed by atoms with Crippen molar-refractivity contribution in [3.05, 3.63) is 59.8 Å². The van der Waals surface area contributed by atoms with Gasteiger partial charge in [0.15, 0.2) is 0 Å². The number of hydrogen-bond donors (Lipinski definition) is 2. The van der Waals surface area contributed by atoms with Gasteiger partial charge in [-0.15, -0.1) is 0 Å². The van der Waals surface area contributed by atoms with E-state index >= 15 is 0 Å². The maximum absolute atomic E-state index is 12.4. The first-order valence-corrected chi connectivity index (χ1v) is 12.6. The number of sulfonamides is 1. The number of anilines is 5. The van der Waals surface area contributed by atoms with E-state index < -0.39 is 10.0 Å². The van der Waals surface area contributed by atoms with E-state index in [0.29, 0.717) is 47.9 Å². The summed E-state index contributed by atoms with van der Waals surface area (Å²) in [4.78, 5) is 17.2. The highest BCUT2D eigenvalue weighted by Crippen LogP contribution is 2.34. The van der Waals surface area contributed by atoms with E-state index in [1.54, 1.807) is 6.07 Å². The fourth-order valence-corrected chi connectivity index (χ4v) is 4.12. The van der Waals surface area contributed by atoms with E-state index in [0.717, 1.165) is 23.3 Å². The molecular formula is C23H27N7O3S. The maximum Gasteiger partial charge on any atom is 0.232 e. The molecule has 1 aliphatic heterocycles. The van der Waals surface area contributed by atoms with Crippen molar-refractivity contribution in [2.24, 2.45) is 0 Å². The summed E-state index contributed by atoms with van der Waals surface area (Å²) >= 11 is 0. The van der Waals surface area contributed by atoms with Crippen LogP contribution in [0.1, 0.15) is 23.5 Å². The van der Waals surface area contributed by atoms with Crippen LogP contribution in [0.25, 0.3) is 5.57 Å². The Morgan fingerprint density at radius 2 is 1.76 bits per heavy atom. The highest BCUT2D eigenvalue weighted by atomic mass is 32.2. The average molecular weight is 482 g/mol. The summed E-state index contributed by atoms with van der Waals surface area (Å²) < 4.78 is 31.4. The second-order valence-corrected chi connectivity index (χ2v) is 10.0. The van der Waals surface area contributed by atoms with E-state index in [9.17, 15) is 8.42 Å². The van der Waals surface area contributed by atoms with Gasteiger partial charge in [-0.1, -0.05) is 12.1 Å². The van der Waals surface area contributed by atoms with Crippen molar-refractivity contribution in [2.45, 2.75) is 20.3 Å². The van der Waals surface area contributed by atoms with Crippen LogP contribution in [-0.2, 0) is 14.8 Å². The lowest BCUT2D eigenvalue weighted by molar-refractivity contribution is 0.161. The third-order valence-corrected chi connectivity index (χ3v) is 6.51. The molecule has 2 N–H and O–H groups in total. The van der Waals surface area contributed by atoms with E-state index in [-0.39, 0.29) is 0 Å². The van der Waals surface area contributed by atoms with Crippen LogP contribution in [0.5, 0.6) is 0 Å². The van der Waals surface area contributed by atoms with Gasteiger partial charge in [0.05, 0.1) is 30.8 Å². The summed E-state index contributed by atoms with van der Waals surface area (Å²) in [5.41, 5.74) is 4.05. The minimum absolute atomic E-state index is 0.501. The number of benzene rings is 1. The van der Waals surface area contributed by atoms with E-state index in [4.69, 9.17) is 4.74 Å². The molecule has 3 aromatic rings. The Hall–Kier alpha value is -3.57. The fraction of sp³-hybridized carbons (Fsp3) is 0.304. The van der Waals surface area contributed by atoms with Crippen molar-refractivity contribution in [2.75, 3.05) is 41.5 Å². The highest BCUT2D eigenvalue weighted by Gasteiger charge is 2.19. The molecule has 0 bridgehead atoms. The largest absolute Gasteiger partial charge is 0.377 e. The third-order valence-electron chi connectivity index (χ3n) is 5.32. The van der Waals surface area contributed by atoms with Gasteiger partial charge in [-0.05, 0) is 43.5 Å². The molecule has 2 aromatic heterocycles. The molecule has 1 aliphatic rings. The van der Waals surface area contributed by atoms with Gasteiger partial charge in [-0.2, -0.15) is 0 Å². The Kier molecular flexibility index (Phi) is 6.75. The lowest BCUT2D eigenvalue weighted by atomic mass is 10.0. The van der Waals surface area contributed by atoms with Gasteiger partial charge >= 0.3 is 0 Å². The topological polar surface area (TPSA) is 122 Å². The van der Waals surface area contributed by atoms with Gasteiger partial charge in [0.25, 0.3) is 0 Å². The summed E-state index contributed by atoms with van der Waals surface area (Å²) in [7, 11) is -1.95. The van der Waals surface area contributed by atoms with Crippen LogP contribution in [0.15, 0.2) is 42.7 Å². The monoisotopic (exact) mass is 481 g/mol. The summed E-state index contributed by atoms with van der Waals surface area (Å²) in [6.45, 7) is 4.91. The Labute approximate surface area is 199 Å². The van der Waals surface area contributed by atoms with Crippen LogP contribution in [0.3, 0.4) is 0 Å². The summed E-state index contributed by atoms with van der Waals surface area (Å²) in [5, 5.41) is 6.39.